The molecular formula is C16F26. The second-order valence-electron chi connectivity index (χ2n) is 7.53. The van der Waals surface area contributed by atoms with Crippen LogP contribution in [0.4, 0.5) is 114 Å². The molecule has 0 aromatic heterocycles. The van der Waals surface area contributed by atoms with Gasteiger partial charge in [-0.25, -0.2) is 0 Å². The van der Waals surface area contributed by atoms with Crippen molar-refractivity contribution in [3.8, 4) is 0 Å². The number of rotatable bonds is 4. The van der Waals surface area contributed by atoms with Crippen LogP contribution in [0, 0.1) is 0 Å². The molecule has 0 fully saturated rings. The predicted octanol–water partition coefficient (Wildman–Crippen LogP) is 10.3. The summed E-state index contributed by atoms with van der Waals surface area (Å²) in [4.78, 5) is 0. The second kappa shape index (κ2) is 9.45. The van der Waals surface area contributed by atoms with E-state index in [0.717, 1.165) is 0 Å². The van der Waals surface area contributed by atoms with Gasteiger partial charge in [-0.1, -0.05) is 0 Å². The summed E-state index contributed by atoms with van der Waals surface area (Å²) in [5.74, 6) is -34.2. The van der Waals surface area contributed by atoms with Crippen LogP contribution in [0.2, 0.25) is 0 Å². The SMILES string of the molecule is FC(F)(F)c1c(C(F)(F)F)c(C(F)(F)C(F)(F)F)c(C(F)(F)C(F)(F)F)c(C(F)(F)C(F)(F)F)c1C(F)(F)C(F)(F)F. The summed E-state index contributed by atoms with van der Waals surface area (Å²) in [6.45, 7) is 0. The average molecular weight is 686 g/mol. The summed E-state index contributed by atoms with van der Waals surface area (Å²) in [5.41, 5.74) is -34.9. The van der Waals surface area contributed by atoms with E-state index in [1.165, 1.54) is 0 Å². The van der Waals surface area contributed by atoms with Crippen LogP contribution in [0.15, 0.2) is 0 Å². The van der Waals surface area contributed by atoms with Crippen LogP contribution in [0.25, 0.3) is 0 Å². The van der Waals surface area contributed by atoms with Crippen LogP contribution in [0.1, 0.15) is 33.4 Å². The number of hydrogen-bond acceptors (Lipinski definition) is 0. The van der Waals surface area contributed by atoms with Gasteiger partial charge in [0.1, 0.15) is 0 Å². The topological polar surface area (TPSA) is 0 Å². The van der Waals surface area contributed by atoms with Crippen molar-refractivity contribution < 1.29 is 114 Å². The maximum absolute atomic E-state index is 14.2. The van der Waals surface area contributed by atoms with Gasteiger partial charge in [0.15, 0.2) is 0 Å². The molecule has 0 saturated heterocycles. The Hall–Kier alpha value is -2.60. The Morgan fingerprint density at radius 2 is 0.310 bits per heavy atom. The first-order valence-corrected chi connectivity index (χ1v) is 8.91. The third-order valence-electron chi connectivity index (χ3n) is 4.75. The van der Waals surface area contributed by atoms with Crippen molar-refractivity contribution in [3.63, 3.8) is 0 Å². The molecular weight excluding hydrogens is 686 g/mol. The second-order valence-corrected chi connectivity index (χ2v) is 7.53. The van der Waals surface area contributed by atoms with Crippen molar-refractivity contribution in [3.05, 3.63) is 33.4 Å². The summed E-state index contributed by atoms with van der Waals surface area (Å²) in [5, 5.41) is 0. The zero-order valence-electron chi connectivity index (χ0n) is 17.8. The van der Waals surface area contributed by atoms with Crippen molar-refractivity contribution in [1.29, 1.82) is 0 Å². The largest absolute Gasteiger partial charge is 0.458 e. The smallest absolute Gasteiger partial charge is 0.191 e. The van der Waals surface area contributed by atoms with E-state index in [0.29, 0.717) is 0 Å². The van der Waals surface area contributed by atoms with Gasteiger partial charge in [0.25, 0.3) is 0 Å². The fourth-order valence-electron chi connectivity index (χ4n) is 3.14. The van der Waals surface area contributed by atoms with E-state index in [1.807, 2.05) is 0 Å². The molecule has 0 heterocycles. The minimum Gasteiger partial charge on any atom is -0.191 e. The summed E-state index contributed by atoms with van der Waals surface area (Å²) < 4.78 is 349. The third kappa shape index (κ3) is 5.68. The van der Waals surface area contributed by atoms with Crippen LogP contribution >= 0.6 is 0 Å². The van der Waals surface area contributed by atoms with E-state index in [-0.39, 0.29) is 0 Å². The fraction of sp³-hybridized carbons (Fsp3) is 0.625. The summed E-state index contributed by atoms with van der Waals surface area (Å²) in [7, 11) is 0. The number of benzene rings is 1. The number of alkyl halides is 26. The minimum absolute atomic E-state index is 5.66. The van der Waals surface area contributed by atoms with Crippen LogP contribution in [0.3, 0.4) is 0 Å². The van der Waals surface area contributed by atoms with E-state index >= 15 is 0 Å². The standard InChI is InChI=1S/C16F26/c17-7(18,13(31,32)33)1-2(8(19,20)14(34,35)36)4(10(23,24)16(40,41)42)6(12(28,29)30)5(11(25,26)27)3(1)9(21,22)15(37,38)39. The van der Waals surface area contributed by atoms with Gasteiger partial charge in [-0.2, -0.15) is 114 Å². The molecule has 246 valence electrons. The van der Waals surface area contributed by atoms with Crippen molar-refractivity contribution in [2.75, 3.05) is 0 Å². The van der Waals surface area contributed by atoms with Gasteiger partial charge >= 0.3 is 60.7 Å². The Morgan fingerprint density at radius 1 is 0.190 bits per heavy atom. The Kier molecular flexibility index (Phi) is 8.42. The molecule has 26 heteroatoms. The average Bonchev–Trinajstić information content (AvgIpc) is 2.66. The van der Waals surface area contributed by atoms with Crippen LogP contribution < -0.4 is 0 Å². The Morgan fingerprint density at radius 3 is 0.405 bits per heavy atom. The maximum Gasteiger partial charge on any atom is 0.458 e. The van der Waals surface area contributed by atoms with Gasteiger partial charge < -0.3 is 0 Å². The molecule has 0 aliphatic carbocycles. The zero-order chi connectivity index (χ0) is 34.5. The van der Waals surface area contributed by atoms with Gasteiger partial charge in [-0.05, 0) is 0 Å². The van der Waals surface area contributed by atoms with Gasteiger partial charge in [-0.3, -0.25) is 0 Å². The van der Waals surface area contributed by atoms with E-state index < -0.39 is 94.1 Å². The minimum atomic E-state index is -8.61. The first-order chi connectivity index (χ1) is 17.7. The molecule has 0 aliphatic heterocycles. The molecule has 0 unspecified atom stereocenters. The third-order valence-corrected chi connectivity index (χ3v) is 4.75. The highest BCUT2D eigenvalue weighted by molar-refractivity contribution is 5.61. The molecule has 1 rings (SSSR count). The highest BCUT2D eigenvalue weighted by Crippen LogP contribution is 2.65. The first kappa shape index (κ1) is 37.4. The molecule has 0 amide bonds. The molecule has 1 aromatic rings. The lowest BCUT2D eigenvalue weighted by Gasteiger charge is -2.38. The lowest BCUT2D eigenvalue weighted by atomic mass is 9.76. The molecule has 42 heavy (non-hydrogen) atoms. The van der Waals surface area contributed by atoms with Gasteiger partial charge in [0.2, 0.25) is 0 Å². The molecule has 0 nitrogen and oxygen atoms in total. The van der Waals surface area contributed by atoms with Crippen LogP contribution in [-0.4, -0.2) is 24.7 Å². The van der Waals surface area contributed by atoms with Crippen molar-refractivity contribution in [2.45, 2.75) is 60.7 Å². The lowest BCUT2D eigenvalue weighted by molar-refractivity contribution is -0.314. The van der Waals surface area contributed by atoms with Crippen LogP contribution in [-0.2, 0) is 36.0 Å². The van der Waals surface area contributed by atoms with E-state index in [9.17, 15) is 114 Å². The van der Waals surface area contributed by atoms with Crippen LogP contribution in [0.5, 0.6) is 0 Å². The molecule has 0 bridgehead atoms. The Balaban J connectivity index is 5.51. The Bertz CT molecular complexity index is 1080. The normalized spacial score (nSPS) is 15.9. The summed E-state index contributed by atoms with van der Waals surface area (Å²) in [6, 6.07) is 0. The molecule has 0 aliphatic rings. The van der Waals surface area contributed by atoms with Crippen molar-refractivity contribution in [2.24, 2.45) is 0 Å². The summed E-state index contributed by atoms with van der Waals surface area (Å²) in [6.07, 6.45) is -49.6. The maximum atomic E-state index is 14.2. The molecule has 0 radical (unpaired) electrons. The highest BCUT2D eigenvalue weighted by atomic mass is 19.5. The van der Waals surface area contributed by atoms with E-state index in [2.05, 4.69) is 0 Å². The Labute approximate surface area is 209 Å². The molecule has 0 saturated carbocycles. The zero-order valence-corrected chi connectivity index (χ0v) is 17.8. The number of halogens is 26. The molecule has 0 spiro atoms. The summed E-state index contributed by atoms with van der Waals surface area (Å²) >= 11 is 0. The van der Waals surface area contributed by atoms with Gasteiger partial charge in [0, 0.05) is 0 Å². The molecule has 0 atom stereocenters. The van der Waals surface area contributed by atoms with Crippen molar-refractivity contribution >= 4 is 0 Å². The molecule has 1 aromatic carbocycles. The fourth-order valence-corrected chi connectivity index (χ4v) is 3.14. The monoisotopic (exact) mass is 686 g/mol. The lowest BCUT2D eigenvalue weighted by Crippen LogP contribution is -2.49. The van der Waals surface area contributed by atoms with Gasteiger partial charge in [0.05, 0.1) is 33.4 Å². The van der Waals surface area contributed by atoms with E-state index in [4.69, 9.17) is 0 Å². The first-order valence-electron chi connectivity index (χ1n) is 8.91. The predicted molar refractivity (Wildman–Crippen MR) is 76.2 cm³/mol. The highest BCUT2D eigenvalue weighted by Gasteiger charge is 2.76. The number of hydrogen-bond donors (Lipinski definition) is 0. The van der Waals surface area contributed by atoms with Crippen molar-refractivity contribution in [1.82, 2.24) is 0 Å². The quantitative estimate of drug-likeness (QED) is 0.277. The molecule has 0 N–H and O–H groups in total. The van der Waals surface area contributed by atoms with Gasteiger partial charge in [-0.15, -0.1) is 0 Å². The van der Waals surface area contributed by atoms with E-state index in [1.54, 1.807) is 0 Å².